The average molecular weight is 279 g/mol. The monoisotopic (exact) mass is 279 g/mol. The normalized spacial score (nSPS) is 19.1. The van der Waals surface area contributed by atoms with Gasteiger partial charge in [0.15, 0.2) is 11.6 Å². The Kier molecular flexibility index (Phi) is 4.37. The fourth-order valence-electron chi connectivity index (χ4n) is 2.50. The number of Topliss-reactive ketones (excluding diaryl/α,β-unsaturated/α-hetero) is 1. The van der Waals surface area contributed by atoms with Crippen LogP contribution >= 0.6 is 0 Å². The zero-order valence-electron chi connectivity index (χ0n) is 11.7. The van der Waals surface area contributed by atoms with E-state index in [4.69, 9.17) is 4.74 Å². The van der Waals surface area contributed by atoms with Gasteiger partial charge in [0.25, 0.3) is 0 Å². The van der Waals surface area contributed by atoms with Crippen molar-refractivity contribution in [3.05, 3.63) is 24.0 Å². The molecule has 0 aromatic heterocycles. The highest BCUT2D eigenvalue weighted by Gasteiger charge is 2.33. The molecule has 4 nitrogen and oxygen atoms in total. The Hall–Kier alpha value is -1.91. The van der Waals surface area contributed by atoms with Crippen LogP contribution in [0.5, 0.6) is 5.75 Å². The van der Waals surface area contributed by atoms with Crippen LogP contribution in [0.15, 0.2) is 18.2 Å². The summed E-state index contributed by atoms with van der Waals surface area (Å²) in [6.07, 6.45) is 1.68. The summed E-state index contributed by atoms with van der Waals surface area (Å²) in [5, 5.41) is 0. The van der Waals surface area contributed by atoms with Gasteiger partial charge in [0, 0.05) is 24.7 Å². The van der Waals surface area contributed by atoms with Crippen LogP contribution in [0.4, 0.5) is 10.1 Å². The molecule has 1 aliphatic rings. The van der Waals surface area contributed by atoms with E-state index in [1.165, 1.54) is 24.1 Å². The van der Waals surface area contributed by atoms with E-state index in [-0.39, 0.29) is 17.4 Å². The fourth-order valence-corrected chi connectivity index (χ4v) is 2.50. The molecule has 0 saturated carbocycles. The van der Waals surface area contributed by atoms with Crippen LogP contribution in [-0.4, -0.2) is 25.3 Å². The van der Waals surface area contributed by atoms with Gasteiger partial charge in [-0.2, -0.15) is 0 Å². The Balaban J connectivity index is 2.25. The Morgan fingerprint density at radius 3 is 2.85 bits per heavy atom. The van der Waals surface area contributed by atoms with Crippen LogP contribution in [0.3, 0.4) is 0 Å². The largest absolute Gasteiger partial charge is 0.494 e. The van der Waals surface area contributed by atoms with Crippen molar-refractivity contribution in [2.75, 3.05) is 18.6 Å². The molecule has 1 heterocycles. The van der Waals surface area contributed by atoms with Crippen molar-refractivity contribution in [2.24, 2.45) is 5.92 Å². The summed E-state index contributed by atoms with van der Waals surface area (Å²) in [5.41, 5.74) is 0.474. The van der Waals surface area contributed by atoms with Gasteiger partial charge in [-0.25, -0.2) is 4.39 Å². The molecule has 1 aromatic carbocycles. The minimum atomic E-state index is -0.584. The number of carbonyl (C=O) groups excluding carboxylic acids is 2. The molecule has 0 radical (unpaired) electrons. The number of benzene rings is 1. The minimum absolute atomic E-state index is 0.0475. The molecule has 20 heavy (non-hydrogen) atoms. The number of amides is 1. The zero-order chi connectivity index (χ0) is 14.7. The highest BCUT2D eigenvalue weighted by molar-refractivity contribution is 6.08. The van der Waals surface area contributed by atoms with Crippen molar-refractivity contribution in [2.45, 2.75) is 26.2 Å². The van der Waals surface area contributed by atoms with E-state index >= 15 is 0 Å². The number of rotatable bonds is 4. The van der Waals surface area contributed by atoms with Gasteiger partial charge in [-0.1, -0.05) is 6.92 Å². The van der Waals surface area contributed by atoms with Gasteiger partial charge in [-0.15, -0.1) is 0 Å². The number of halogens is 1. The summed E-state index contributed by atoms with van der Waals surface area (Å²) in [7, 11) is 1.39. The van der Waals surface area contributed by atoms with E-state index in [9.17, 15) is 14.0 Å². The maximum atomic E-state index is 13.7. The number of hydrogen-bond acceptors (Lipinski definition) is 3. The van der Waals surface area contributed by atoms with E-state index in [0.29, 0.717) is 25.1 Å². The molecule has 1 fully saturated rings. The van der Waals surface area contributed by atoms with E-state index in [1.54, 1.807) is 13.0 Å². The first-order chi connectivity index (χ1) is 9.58. The van der Waals surface area contributed by atoms with E-state index < -0.39 is 11.7 Å². The molecule has 0 unspecified atom stereocenters. The van der Waals surface area contributed by atoms with Gasteiger partial charge in [0.05, 0.1) is 13.0 Å². The molecule has 5 heteroatoms. The lowest BCUT2D eigenvalue weighted by Gasteiger charge is -2.31. The third-order valence-corrected chi connectivity index (χ3v) is 3.62. The summed E-state index contributed by atoms with van der Waals surface area (Å²) in [4.78, 5) is 25.6. The van der Waals surface area contributed by atoms with Gasteiger partial charge < -0.3 is 9.64 Å². The fraction of sp³-hybridized carbons (Fsp3) is 0.467. The number of anilines is 1. The van der Waals surface area contributed by atoms with Crippen LogP contribution in [0.2, 0.25) is 0 Å². The molecule has 1 amide bonds. The van der Waals surface area contributed by atoms with Crippen molar-refractivity contribution in [1.29, 1.82) is 0 Å². The first-order valence-corrected chi connectivity index (χ1v) is 6.76. The van der Waals surface area contributed by atoms with Gasteiger partial charge in [-0.3, -0.25) is 9.59 Å². The lowest BCUT2D eigenvalue weighted by molar-refractivity contribution is -0.133. The van der Waals surface area contributed by atoms with Crippen LogP contribution in [-0.2, 0) is 9.59 Å². The highest BCUT2D eigenvalue weighted by atomic mass is 19.1. The van der Waals surface area contributed by atoms with Crippen molar-refractivity contribution in [1.82, 2.24) is 0 Å². The second-order valence-corrected chi connectivity index (χ2v) is 4.82. The number of nitrogens with zero attached hydrogens (tertiary/aromatic N) is 1. The van der Waals surface area contributed by atoms with Crippen molar-refractivity contribution in [3.8, 4) is 5.75 Å². The average Bonchev–Trinajstić information content (AvgIpc) is 2.46. The number of ketones is 1. The Morgan fingerprint density at radius 2 is 2.25 bits per heavy atom. The lowest BCUT2D eigenvalue weighted by atomic mass is 9.91. The Labute approximate surface area is 117 Å². The Bertz CT molecular complexity index is 530. The maximum absolute atomic E-state index is 13.7. The molecular formula is C15H18FNO3. The smallest absolute Gasteiger partial charge is 0.237 e. The number of carbonyl (C=O) groups is 2. The van der Waals surface area contributed by atoms with Crippen molar-refractivity contribution < 1.29 is 18.7 Å². The number of ether oxygens (including phenoxy) is 1. The molecule has 1 aliphatic heterocycles. The predicted octanol–water partition coefficient (Wildman–Crippen LogP) is 2.56. The molecule has 108 valence electrons. The lowest BCUT2D eigenvalue weighted by Crippen LogP contribution is -2.44. The van der Waals surface area contributed by atoms with Crippen LogP contribution in [0, 0.1) is 11.7 Å². The molecule has 0 N–H and O–H groups in total. The minimum Gasteiger partial charge on any atom is -0.494 e. The first-order valence-electron chi connectivity index (χ1n) is 6.76. The van der Waals surface area contributed by atoms with Gasteiger partial charge >= 0.3 is 0 Å². The molecule has 2 rings (SSSR count). The molecule has 1 aromatic rings. The predicted molar refractivity (Wildman–Crippen MR) is 73.3 cm³/mol. The summed E-state index contributed by atoms with van der Waals surface area (Å²) in [6, 6.07) is 4.40. The SMILES string of the molecule is CCC(=O)[C@H]1CCCN(c2ccc(OC)c(F)c2)C1=O. The van der Waals surface area contributed by atoms with E-state index in [2.05, 4.69) is 0 Å². The number of methoxy groups -OCH3 is 1. The standard InChI is InChI=1S/C15H18FNO3/c1-3-13(18)11-5-4-8-17(15(11)19)10-6-7-14(20-2)12(16)9-10/h6-7,9,11H,3-5,8H2,1-2H3/t11-/m1/s1. The third kappa shape index (κ3) is 2.66. The second-order valence-electron chi connectivity index (χ2n) is 4.82. The summed E-state index contributed by atoms with van der Waals surface area (Å²) >= 11 is 0. The maximum Gasteiger partial charge on any atom is 0.237 e. The summed E-state index contributed by atoms with van der Waals surface area (Å²) in [5.74, 6) is -1.23. The molecular weight excluding hydrogens is 261 g/mol. The van der Waals surface area contributed by atoms with Gasteiger partial charge in [0.2, 0.25) is 5.91 Å². The van der Waals surface area contributed by atoms with Crippen molar-refractivity contribution in [3.63, 3.8) is 0 Å². The van der Waals surface area contributed by atoms with Gasteiger partial charge in [0.1, 0.15) is 5.78 Å². The van der Waals surface area contributed by atoms with Crippen LogP contribution in [0.25, 0.3) is 0 Å². The van der Waals surface area contributed by atoms with E-state index in [1.807, 2.05) is 0 Å². The van der Waals surface area contributed by atoms with E-state index in [0.717, 1.165) is 6.42 Å². The first kappa shape index (κ1) is 14.5. The molecule has 0 bridgehead atoms. The molecule has 1 saturated heterocycles. The quantitative estimate of drug-likeness (QED) is 0.796. The molecule has 0 aliphatic carbocycles. The Morgan fingerprint density at radius 1 is 1.50 bits per heavy atom. The zero-order valence-corrected chi connectivity index (χ0v) is 11.7. The van der Waals surface area contributed by atoms with Crippen LogP contribution < -0.4 is 9.64 Å². The van der Waals surface area contributed by atoms with Crippen LogP contribution in [0.1, 0.15) is 26.2 Å². The molecule has 1 atom stereocenters. The highest BCUT2D eigenvalue weighted by Crippen LogP contribution is 2.28. The number of hydrogen-bond donors (Lipinski definition) is 0. The molecule has 0 spiro atoms. The van der Waals surface area contributed by atoms with Gasteiger partial charge in [-0.05, 0) is 25.0 Å². The third-order valence-electron chi connectivity index (χ3n) is 3.62. The summed E-state index contributed by atoms with van der Waals surface area (Å²) in [6.45, 7) is 2.26. The number of piperidine rings is 1. The topological polar surface area (TPSA) is 46.6 Å². The van der Waals surface area contributed by atoms with Crippen molar-refractivity contribution >= 4 is 17.4 Å². The second kappa shape index (κ2) is 6.03. The summed E-state index contributed by atoms with van der Waals surface area (Å²) < 4.78 is 18.6.